The predicted molar refractivity (Wildman–Crippen MR) is 62.1 cm³/mol. The van der Waals surface area contributed by atoms with E-state index in [9.17, 15) is 9.59 Å². The van der Waals surface area contributed by atoms with Crippen LogP contribution in [0.15, 0.2) is 16.9 Å². The fourth-order valence-corrected chi connectivity index (χ4v) is 1.94. The van der Waals surface area contributed by atoms with Gasteiger partial charge in [0.25, 0.3) is 5.56 Å². The Hall–Kier alpha value is -1.49. The van der Waals surface area contributed by atoms with Crippen molar-refractivity contribution >= 4 is 5.78 Å². The Morgan fingerprint density at radius 2 is 2.41 bits per heavy atom. The molecule has 2 heterocycles. The number of hydrogen-bond acceptors (Lipinski definition) is 4. The Bertz CT molecular complexity index is 461. The maximum Gasteiger partial charge on any atom is 0.266 e. The zero-order valence-corrected chi connectivity index (χ0v) is 9.89. The largest absolute Gasteiger partial charge is 0.378 e. The molecule has 5 heteroatoms. The summed E-state index contributed by atoms with van der Waals surface area (Å²) < 4.78 is 6.83. The summed E-state index contributed by atoms with van der Waals surface area (Å²) in [7, 11) is 0. The van der Waals surface area contributed by atoms with Gasteiger partial charge in [0.15, 0.2) is 5.78 Å². The summed E-state index contributed by atoms with van der Waals surface area (Å²) in [6.07, 6.45) is 3.13. The Labute approximate surface area is 99.4 Å². The molecule has 1 atom stereocenters. The van der Waals surface area contributed by atoms with Crippen molar-refractivity contribution in [3.05, 3.63) is 28.2 Å². The van der Waals surface area contributed by atoms with Crippen molar-refractivity contribution in [2.45, 2.75) is 38.8 Å². The zero-order valence-electron chi connectivity index (χ0n) is 9.89. The van der Waals surface area contributed by atoms with E-state index in [0.29, 0.717) is 12.2 Å². The van der Waals surface area contributed by atoms with Crippen LogP contribution < -0.4 is 5.56 Å². The monoisotopic (exact) mass is 236 g/mol. The summed E-state index contributed by atoms with van der Waals surface area (Å²) in [6.45, 7) is 2.75. The molecule has 0 aromatic carbocycles. The molecule has 1 aromatic rings. The van der Waals surface area contributed by atoms with Crippen molar-refractivity contribution in [1.29, 1.82) is 0 Å². The fraction of sp³-hybridized carbons (Fsp3) is 0.583. The Morgan fingerprint density at radius 3 is 3.06 bits per heavy atom. The van der Waals surface area contributed by atoms with Crippen LogP contribution in [0.2, 0.25) is 0 Å². The lowest BCUT2D eigenvalue weighted by Crippen LogP contribution is -2.25. The van der Waals surface area contributed by atoms with Crippen molar-refractivity contribution < 1.29 is 9.53 Å². The van der Waals surface area contributed by atoms with Crippen LogP contribution in [0.25, 0.3) is 0 Å². The molecular weight excluding hydrogens is 220 g/mol. The number of hydrogen-bond donors (Lipinski definition) is 0. The van der Waals surface area contributed by atoms with Gasteiger partial charge in [-0.2, -0.15) is 5.10 Å². The lowest BCUT2D eigenvalue weighted by molar-refractivity contribution is 0.0981. The molecule has 0 radical (unpaired) electrons. The highest BCUT2D eigenvalue weighted by Crippen LogP contribution is 2.15. The third kappa shape index (κ3) is 3.00. The highest BCUT2D eigenvalue weighted by molar-refractivity contribution is 5.91. The number of carbonyl (C=O) groups excluding carboxylic acids is 1. The number of carbonyl (C=O) groups is 1. The van der Waals surface area contributed by atoms with Gasteiger partial charge in [0.2, 0.25) is 0 Å². The molecule has 0 spiro atoms. The lowest BCUT2D eigenvalue weighted by atomic mass is 10.2. The molecule has 5 nitrogen and oxygen atoms in total. The number of aryl methyl sites for hydroxylation is 1. The van der Waals surface area contributed by atoms with Crippen LogP contribution in [0.5, 0.6) is 0 Å². The van der Waals surface area contributed by atoms with E-state index in [0.717, 1.165) is 25.9 Å². The normalized spacial score (nSPS) is 19.5. The minimum atomic E-state index is -0.173. The van der Waals surface area contributed by atoms with Gasteiger partial charge in [-0.15, -0.1) is 0 Å². The van der Waals surface area contributed by atoms with Crippen LogP contribution in [-0.2, 0) is 11.3 Å². The third-order valence-corrected chi connectivity index (χ3v) is 2.91. The van der Waals surface area contributed by atoms with Gasteiger partial charge < -0.3 is 4.74 Å². The number of Topliss-reactive ketones (excluding diaryl/α,β-unsaturated/α-hetero) is 1. The van der Waals surface area contributed by atoms with Crippen LogP contribution in [0.4, 0.5) is 0 Å². The highest BCUT2D eigenvalue weighted by Gasteiger charge is 2.15. The smallest absolute Gasteiger partial charge is 0.266 e. The van der Waals surface area contributed by atoms with Gasteiger partial charge in [-0.1, -0.05) is 0 Å². The summed E-state index contributed by atoms with van der Waals surface area (Å²) in [5.41, 5.74) is 0.157. The minimum Gasteiger partial charge on any atom is -0.378 e. The van der Waals surface area contributed by atoms with Crippen molar-refractivity contribution in [2.24, 2.45) is 0 Å². The molecule has 0 saturated carbocycles. The fourth-order valence-electron chi connectivity index (χ4n) is 1.94. The van der Waals surface area contributed by atoms with Gasteiger partial charge in [0.05, 0.1) is 6.10 Å². The van der Waals surface area contributed by atoms with Crippen LogP contribution >= 0.6 is 0 Å². The van der Waals surface area contributed by atoms with Crippen LogP contribution in [0.1, 0.15) is 36.7 Å². The second-order valence-electron chi connectivity index (χ2n) is 4.26. The van der Waals surface area contributed by atoms with Crippen LogP contribution in [0, 0.1) is 0 Å². The van der Waals surface area contributed by atoms with E-state index in [2.05, 4.69) is 5.10 Å². The molecule has 0 aliphatic carbocycles. The number of aromatic nitrogens is 2. The maximum absolute atomic E-state index is 11.5. The first-order chi connectivity index (χ1) is 8.16. The van der Waals surface area contributed by atoms with Crippen molar-refractivity contribution in [1.82, 2.24) is 9.78 Å². The quantitative estimate of drug-likeness (QED) is 0.732. The van der Waals surface area contributed by atoms with E-state index in [4.69, 9.17) is 4.74 Å². The number of rotatable bonds is 4. The maximum atomic E-state index is 11.5. The van der Waals surface area contributed by atoms with Gasteiger partial charge in [-0.05, 0) is 25.3 Å². The highest BCUT2D eigenvalue weighted by atomic mass is 16.5. The molecule has 1 unspecified atom stereocenters. The zero-order chi connectivity index (χ0) is 12.3. The first-order valence-electron chi connectivity index (χ1n) is 5.87. The SMILES string of the molecule is CC(=O)c1ccc(=O)n(CCC2CCCO2)n1. The van der Waals surface area contributed by atoms with Crippen molar-refractivity contribution in [2.75, 3.05) is 6.61 Å². The first-order valence-corrected chi connectivity index (χ1v) is 5.87. The topological polar surface area (TPSA) is 61.2 Å². The van der Waals surface area contributed by atoms with E-state index in [1.165, 1.54) is 23.7 Å². The van der Waals surface area contributed by atoms with Crippen LogP contribution in [0.3, 0.4) is 0 Å². The van der Waals surface area contributed by atoms with E-state index < -0.39 is 0 Å². The number of ether oxygens (including phenoxy) is 1. The molecule has 1 aliphatic heterocycles. The Balaban J connectivity index is 2.05. The molecule has 17 heavy (non-hydrogen) atoms. The summed E-state index contributed by atoms with van der Waals surface area (Å²) >= 11 is 0. The van der Waals surface area contributed by atoms with Crippen molar-refractivity contribution in [3.8, 4) is 0 Å². The van der Waals surface area contributed by atoms with E-state index in [1.54, 1.807) is 0 Å². The molecule has 92 valence electrons. The lowest BCUT2D eigenvalue weighted by Gasteiger charge is -2.10. The van der Waals surface area contributed by atoms with Gasteiger partial charge in [0.1, 0.15) is 5.69 Å². The van der Waals surface area contributed by atoms with E-state index >= 15 is 0 Å². The second-order valence-corrected chi connectivity index (χ2v) is 4.26. The molecule has 1 fully saturated rings. The standard InChI is InChI=1S/C12H16N2O3/c1-9(15)11-4-5-12(16)14(13-11)7-6-10-3-2-8-17-10/h4-5,10H,2-3,6-8H2,1H3. The Morgan fingerprint density at radius 1 is 1.59 bits per heavy atom. The molecule has 1 aromatic heterocycles. The summed E-state index contributed by atoms with van der Waals surface area (Å²) in [6, 6.07) is 2.85. The molecule has 1 saturated heterocycles. The van der Waals surface area contributed by atoms with Gasteiger partial charge >= 0.3 is 0 Å². The van der Waals surface area contributed by atoms with E-state index in [1.807, 2.05) is 0 Å². The van der Waals surface area contributed by atoms with Gasteiger partial charge in [-0.25, -0.2) is 4.68 Å². The van der Waals surface area contributed by atoms with Gasteiger partial charge in [-0.3, -0.25) is 9.59 Å². The van der Waals surface area contributed by atoms with Crippen molar-refractivity contribution in [3.63, 3.8) is 0 Å². The first kappa shape index (κ1) is 12.0. The molecule has 1 aliphatic rings. The average molecular weight is 236 g/mol. The molecular formula is C12H16N2O3. The average Bonchev–Trinajstić information content (AvgIpc) is 2.80. The van der Waals surface area contributed by atoms with Gasteiger partial charge in [0, 0.05) is 26.1 Å². The third-order valence-electron chi connectivity index (χ3n) is 2.91. The number of nitrogens with zero attached hydrogens (tertiary/aromatic N) is 2. The second kappa shape index (κ2) is 5.23. The summed E-state index contributed by atoms with van der Waals surface area (Å²) in [5.74, 6) is -0.129. The van der Waals surface area contributed by atoms with E-state index in [-0.39, 0.29) is 17.4 Å². The van der Waals surface area contributed by atoms with Crippen LogP contribution in [-0.4, -0.2) is 28.3 Å². The molecule has 0 amide bonds. The summed E-state index contributed by atoms with van der Waals surface area (Å²) in [4.78, 5) is 22.7. The molecule has 2 rings (SSSR count). The minimum absolute atomic E-state index is 0.129. The summed E-state index contributed by atoms with van der Waals surface area (Å²) in [5, 5.41) is 4.03. The molecule has 0 N–H and O–H groups in total. The molecule has 0 bridgehead atoms. The number of ketones is 1. The predicted octanol–water partition coefficient (Wildman–Crippen LogP) is 1.01. The Kier molecular flexibility index (Phi) is 3.68.